The number of hydrogen-bond acceptors (Lipinski definition) is 8. The van der Waals surface area contributed by atoms with Crippen LogP contribution in [0.25, 0.3) is 0 Å². The molecule has 1 fully saturated rings. The molecule has 0 radical (unpaired) electrons. The molecular formula is C17H21ClN6O3S2. The molecule has 1 aromatic heterocycles. The number of hydrogen-bond donors (Lipinski definition) is 3. The van der Waals surface area contributed by atoms with Gasteiger partial charge in [0.1, 0.15) is 11.6 Å². The highest BCUT2D eigenvalue weighted by molar-refractivity contribution is 7.99. The number of aromatic nitrogens is 2. The summed E-state index contributed by atoms with van der Waals surface area (Å²) in [4.78, 5) is 20.4. The van der Waals surface area contributed by atoms with Gasteiger partial charge in [0.05, 0.1) is 21.4 Å². The van der Waals surface area contributed by atoms with Gasteiger partial charge in [-0.2, -0.15) is 4.31 Å². The molecule has 0 saturated carbocycles. The van der Waals surface area contributed by atoms with Gasteiger partial charge in [-0.3, -0.25) is 4.79 Å². The summed E-state index contributed by atoms with van der Waals surface area (Å²) in [6.07, 6.45) is 2.70. The molecule has 5 N–H and O–H groups in total. The number of carbonyl (C=O) groups excluding carboxylic acids is 1. The SMILES string of the molecule is Nc1cc(N)nc(SCC(=O)Nc2cc(S(=O)(=O)N3CCCCC3)ccc2Cl)n1. The maximum atomic E-state index is 12.8. The van der Waals surface area contributed by atoms with Crippen LogP contribution in [0, 0.1) is 0 Å². The lowest BCUT2D eigenvalue weighted by atomic mass is 10.2. The summed E-state index contributed by atoms with van der Waals surface area (Å²) >= 11 is 7.20. The van der Waals surface area contributed by atoms with E-state index in [1.54, 1.807) is 0 Å². The van der Waals surface area contributed by atoms with Gasteiger partial charge in [-0.05, 0) is 31.0 Å². The monoisotopic (exact) mass is 456 g/mol. The van der Waals surface area contributed by atoms with Gasteiger partial charge in [-0.25, -0.2) is 18.4 Å². The Morgan fingerprint density at radius 1 is 1.14 bits per heavy atom. The third-order valence-corrected chi connectivity index (χ3v) is 7.31. The fourth-order valence-electron chi connectivity index (χ4n) is 2.86. The molecule has 0 aliphatic carbocycles. The van der Waals surface area contributed by atoms with Gasteiger partial charge in [0.15, 0.2) is 5.16 Å². The van der Waals surface area contributed by atoms with Crippen LogP contribution in [0.1, 0.15) is 19.3 Å². The van der Waals surface area contributed by atoms with Crippen LogP contribution in [0.15, 0.2) is 34.3 Å². The summed E-state index contributed by atoms with van der Waals surface area (Å²) in [5.74, 6) is -0.00495. The number of amides is 1. The van der Waals surface area contributed by atoms with Crippen molar-refractivity contribution >= 4 is 56.6 Å². The van der Waals surface area contributed by atoms with E-state index in [0.29, 0.717) is 13.1 Å². The number of nitrogens with zero attached hydrogens (tertiary/aromatic N) is 3. The average molecular weight is 457 g/mol. The molecule has 29 heavy (non-hydrogen) atoms. The second-order valence-electron chi connectivity index (χ2n) is 6.44. The van der Waals surface area contributed by atoms with Gasteiger partial charge >= 0.3 is 0 Å². The van der Waals surface area contributed by atoms with E-state index in [1.807, 2.05) is 0 Å². The minimum absolute atomic E-state index is 0.0255. The predicted molar refractivity (Wildman–Crippen MR) is 114 cm³/mol. The molecule has 1 aromatic carbocycles. The normalized spacial score (nSPS) is 15.2. The summed E-state index contributed by atoms with van der Waals surface area (Å²) in [7, 11) is -3.63. The van der Waals surface area contributed by atoms with E-state index in [9.17, 15) is 13.2 Å². The maximum absolute atomic E-state index is 12.8. The Bertz CT molecular complexity index is 992. The molecule has 0 bridgehead atoms. The zero-order valence-corrected chi connectivity index (χ0v) is 17.9. The molecule has 156 valence electrons. The number of nitrogens with two attached hydrogens (primary N) is 2. The van der Waals surface area contributed by atoms with Gasteiger partial charge in [-0.1, -0.05) is 29.8 Å². The summed E-state index contributed by atoms with van der Waals surface area (Å²) in [6, 6.07) is 5.70. The first-order chi connectivity index (χ1) is 13.8. The van der Waals surface area contributed by atoms with E-state index in [4.69, 9.17) is 23.1 Å². The molecule has 1 saturated heterocycles. The van der Waals surface area contributed by atoms with Crippen LogP contribution in [0.3, 0.4) is 0 Å². The topological polar surface area (TPSA) is 144 Å². The van der Waals surface area contributed by atoms with E-state index < -0.39 is 15.9 Å². The lowest BCUT2D eigenvalue weighted by Crippen LogP contribution is -2.35. The number of piperidine rings is 1. The molecule has 2 aromatic rings. The van der Waals surface area contributed by atoms with Crippen molar-refractivity contribution in [3.05, 3.63) is 29.3 Å². The highest BCUT2D eigenvalue weighted by Gasteiger charge is 2.26. The van der Waals surface area contributed by atoms with Crippen LogP contribution in [-0.4, -0.2) is 47.4 Å². The summed E-state index contributed by atoms with van der Waals surface area (Å²) < 4.78 is 27.1. The number of carbonyl (C=O) groups is 1. The van der Waals surface area contributed by atoms with Crippen LogP contribution in [0.5, 0.6) is 0 Å². The smallest absolute Gasteiger partial charge is 0.243 e. The fourth-order valence-corrected chi connectivity index (χ4v) is 5.24. The Morgan fingerprint density at radius 3 is 2.45 bits per heavy atom. The van der Waals surface area contributed by atoms with Crippen LogP contribution in [0.2, 0.25) is 5.02 Å². The molecule has 1 amide bonds. The van der Waals surface area contributed by atoms with Crippen LogP contribution in [0.4, 0.5) is 17.3 Å². The summed E-state index contributed by atoms with van der Waals surface area (Å²) in [6.45, 7) is 0.985. The standard InChI is InChI=1S/C17H21ClN6O3S2/c18-12-5-4-11(29(26,27)24-6-2-1-3-7-24)8-13(12)21-16(25)10-28-17-22-14(19)9-15(20)23-17/h4-5,8-9H,1-3,6-7,10H2,(H,21,25)(H4,19,20,22,23). The highest BCUT2D eigenvalue weighted by atomic mass is 35.5. The van der Waals surface area contributed by atoms with Crippen molar-refractivity contribution in [3.8, 4) is 0 Å². The Kier molecular flexibility index (Phi) is 6.83. The molecule has 12 heteroatoms. The molecule has 1 aliphatic rings. The van der Waals surface area contributed by atoms with Crippen molar-refractivity contribution in [2.75, 3.05) is 35.6 Å². The first kappa shape index (κ1) is 21.6. The van der Waals surface area contributed by atoms with Crippen molar-refractivity contribution in [1.29, 1.82) is 0 Å². The van der Waals surface area contributed by atoms with E-state index in [-0.39, 0.29) is 38.2 Å². The van der Waals surface area contributed by atoms with Gasteiger partial charge < -0.3 is 16.8 Å². The first-order valence-corrected chi connectivity index (χ1v) is 11.7. The second kappa shape index (κ2) is 9.16. The first-order valence-electron chi connectivity index (χ1n) is 8.88. The number of anilines is 3. The van der Waals surface area contributed by atoms with Gasteiger partial charge in [0, 0.05) is 19.2 Å². The minimum atomic E-state index is -3.63. The fraction of sp³-hybridized carbons (Fsp3) is 0.353. The van der Waals surface area contributed by atoms with Crippen molar-refractivity contribution in [2.24, 2.45) is 0 Å². The van der Waals surface area contributed by atoms with Crippen LogP contribution < -0.4 is 16.8 Å². The Labute approximate surface area is 178 Å². The van der Waals surface area contributed by atoms with Gasteiger partial charge in [0.25, 0.3) is 0 Å². The largest absolute Gasteiger partial charge is 0.383 e. The van der Waals surface area contributed by atoms with E-state index in [1.165, 1.54) is 28.6 Å². The minimum Gasteiger partial charge on any atom is -0.383 e. The molecule has 2 heterocycles. The zero-order valence-electron chi connectivity index (χ0n) is 15.5. The predicted octanol–water partition coefficient (Wildman–Crippen LogP) is 2.20. The molecule has 1 aliphatic heterocycles. The molecular weight excluding hydrogens is 436 g/mol. The summed E-state index contributed by atoms with van der Waals surface area (Å²) in [5, 5.41) is 3.14. The highest BCUT2D eigenvalue weighted by Crippen LogP contribution is 2.28. The molecule has 3 rings (SSSR count). The Morgan fingerprint density at radius 2 is 1.79 bits per heavy atom. The lowest BCUT2D eigenvalue weighted by Gasteiger charge is -2.26. The van der Waals surface area contributed by atoms with Crippen LogP contribution >= 0.6 is 23.4 Å². The number of sulfonamides is 1. The average Bonchev–Trinajstić information content (AvgIpc) is 2.68. The number of halogens is 1. The zero-order chi connectivity index (χ0) is 21.0. The van der Waals surface area contributed by atoms with Crippen LogP contribution in [-0.2, 0) is 14.8 Å². The third kappa shape index (κ3) is 5.50. The van der Waals surface area contributed by atoms with Crippen molar-refractivity contribution in [1.82, 2.24) is 14.3 Å². The molecule has 9 nitrogen and oxygen atoms in total. The van der Waals surface area contributed by atoms with E-state index >= 15 is 0 Å². The Hall–Kier alpha value is -2.08. The maximum Gasteiger partial charge on any atom is 0.243 e. The number of nitrogen functional groups attached to an aromatic ring is 2. The number of rotatable bonds is 6. The molecule has 0 unspecified atom stereocenters. The quantitative estimate of drug-likeness (QED) is 0.443. The number of nitrogens with one attached hydrogen (secondary N) is 1. The van der Waals surface area contributed by atoms with Crippen molar-refractivity contribution in [2.45, 2.75) is 29.3 Å². The van der Waals surface area contributed by atoms with E-state index in [0.717, 1.165) is 31.0 Å². The van der Waals surface area contributed by atoms with Crippen molar-refractivity contribution in [3.63, 3.8) is 0 Å². The number of thioether (sulfide) groups is 1. The molecule has 0 atom stereocenters. The third-order valence-electron chi connectivity index (χ3n) is 4.24. The van der Waals surface area contributed by atoms with Gasteiger partial charge in [-0.15, -0.1) is 0 Å². The Balaban J connectivity index is 1.70. The number of benzene rings is 1. The van der Waals surface area contributed by atoms with Gasteiger partial charge in [0.2, 0.25) is 15.9 Å². The van der Waals surface area contributed by atoms with E-state index in [2.05, 4.69) is 15.3 Å². The second-order valence-corrected chi connectivity index (χ2v) is 9.73. The molecule has 0 spiro atoms. The summed E-state index contributed by atoms with van der Waals surface area (Å²) in [5.41, 5.74) is 11.4. The van der Waals surface area contributed by atoms with Crippen molar-refractivity contribution < 1.29 is 13.2 Å². The lowest BCUT2D eigenvalue weighted by molar-refractivity contribution is -0.113.